The quantitative estimate of drug-likeness (QED) is 0.708. The zero-order chi connectivity index (χ0) is 10.6. The van der Waals surface area contributed by atoms with E-state index in [1.54, 1.807) is 0 Å². The van der Waals surface area contributed by atoms with E-state index in [2.05, 4.69) is 25.7 Å². The van der Waals surface area contributed by atoms with Gasteiger partial charge in [0.15, 0.2) is 0 Å². The second-order valence-corrected chi connectivity index (χ2v) is 5.49. The third-order valence-corrected chi connectivity index (χ3v) is 3.17. The summed E-state index contributed by atoms with van der Waals surface area (Å²) in [7, 11) is 0. The van der Waals surface area contributed by atoms with Crippen molar-refractivity contribution in [3.05, 3.63) is 0 Å². The van der Waals surface area contributed by atoms with E-state index in [4.69, 9.17) is 5.11 Å². The monoisotopic (exact) mass is 199 g/mol. The maximum atomic E-state index is 8.92. The third-order valence-electron chi connectivity index (χ3n) is 3.17. The number of likely N-dealkylation sites (tertiary alicyclic amines) is 1. The summed E-state index contributed by atoms with van der Waals surface area (Å²) in [6, 6.07) is 0. The minimum absolute atomic E-state index is 0.284. The molecule has 0 atom stereocenters. The fraction of sp³-hybridized carbons (Fsp3) is 1.00. The molecular formula is C12H25NO. The predicted molar refractivity (Wildman–Crippen MR) is 60.3 cm³/mol. The second-order valence-electron chi connectivity index (χ2n) is 5.49. The highest BCUT2D eigenvalue weighted by Crippen LogP contribution is 2.27. The fourth-order valence-electron chi connectivity index (χ4n) is 2.38. The van der Waals surface area contributed by atoms with Crippen molar-refractivity contribution in [2.75, 3.05) is 26.2 Å². The number of hydrogen-bond donors (Lipinski definition) is 1. The molecule has 1 aliphatic rings. The van der Waals surface area contributed by atoms with Crippen LogP contribution in [0.1, 0.15) is 40.0 Å². The molecule has 1 aliphatic heterocycles. The topological polar surface area (TPSA) is 23.5 Å². The first-order valence-electron chi connectivity index (χ1n) is 5.90. The van der Waals surface area contributed by atoms with Crippen LogP contribution in [0.4, 0.5) is 0 Å². The zero-order valence-corrected chi connectivity index (χ0v) is 9.92. The molecule has 1 fully saturated rings. The molecule has 0 radical (unpaired) electrons. The number of nitrogens with zero attached hydrogens (tertiary/aromatic N) is 1. The van der Waals surface area contributed by atoms with Gasteiger partial charge in [-0.1, -0.05) is 27.2 Å². The molecule has 1 N–H and O–H groups in total. The van der Waals surface area contributed by atoms with Crippen LogP contribution < -0.4 is 0 Å². The summed E-state index contributed by atoms with van der Waals surface area (Å²) < 4.78 is 0. The normalized spacial score (nSPS) is 19.7. The van der Waals surface area contributed by atoms with E-state index in [0.29, 0.717) is 6.61 Å². The Morgan fingerprint density at radius 3 is 2.50 bits per heavy atom. The Morgan fingerprint density at radius 2 is 2.00 bits per heavy atom. The summed E-state index contributed by atoms with van der Waals surface area (Å²) in [5, 5.41) is 8.92. The Bertz CT molecular complexity index is 162. The van der Waals surface area contributed by atoms with E-state index in [0.717, 1.165) is 18.9 Å². The van der Waals surface area contributed by atoms with Crippen LogP contribution in [0.2, 0.25) is 0 Å². The Balaban J connectivity index is 2.15. The van der Waals surface area contributed by atoms with Gasteiger partial charge in [-0.05, 0) is 24.2 Å². The fourth-order valence-corrected chi connectivity index (χ4v) is 2.38. The van der Waals surface area contributed by atoms with Crippen LogP contribution in [-0.4, -0.2) is 36.2 Å². The lowest BCUT2D eigenvalue weighted by molar-refractivity contribution is 0.0446. The lowest BCUT2D eigenvalue weighted by Crippen LogP contribution is -2.50. The Labute approximate surface area is 88.3 Å². The molecule has 84 valence electrons. The smallest absolute Gasteiger partial charge is 0.0436 e. The first-order chi connectivity index (χ1) is 6.57. The first kappa shape index (κ1) is 12.0. The largest absolute Gasteiger partial charge is 0.396 e. The van der Waals surface area contributed by atoms with Gasteiger partial charge in [0.2, 0.25) is 0 Å². The van der Waals surface area contributed by atoms with Crippen molar-refractivity contribution in [2.24, 2.45) is 11.3 Å². The molecule has 2 heteroatoms. The van der Waals surface area contributed by atoms with E-state index >= 15 is 0 Å². The second kappa shape index (κ2) is 5.13. The highest BCUT2D eigenvalue weighted by Gasteiger charge is 2.30. The molecule has 0 aliphatic carbocycles. The van der Waals surface area contributed by atoms with Crippen LogP contribution in [-0.2, 0) is 0 Å². The zero-order valence-electron chi connectivity index (χ0n) is 9.92. The minimum Gasteiger partial charge on any atom is -0.396 e. The number of aliphatic hydroxyl groups is 1. The van der Waals surface area contributed by atoms with Crippen LogP contribution in [0.3, 0.4) is 0 Å². The minimum atomic E-state index is 0.284. The van der Waals surface area contributed by atoms with Gasteiger partial charge in [0, 0.05) is 26.2 Å². The van der Waals surface area contributed by atoms with Crippen molar-refractivity contribution in [1.29, 1.82) is 0 Å². The van der Waals surface area contributed by atoms with Gasteiger partial charge >= 0.3 is 0 Å². The molecule has 0 aromatic rings. The number of hydrogen-bond acceptors (Lipinski definition) is 2. The molecule has 0 unspecified atom stereocenters. The van der Waals surface area contributed by atoms with Crippen LogP contribution in [0, 0.1) is 11.3 Å². The van der Waals surface area contributed by atoms with Crippen molar-refractivity contribution < 1.29 is 5.11 Å². The van der Waals surface area contributed by atoms with Gasteiger partial charge in [-0.15, -0.1) is 0 Å². The molecule has 1 rings (SSSR count). The summed E-state index contributed by atoms with van der Waals surface area (Å²) >= 11 is 0. The van der Waals surface area contributed by atoms with Gasteiger partial charge in [0.05, 0.1) is 0 Å². The highest BCUT2D eigenvalue weighted by molar-refractivity contribution is 4.83. The van der Waals surface area contributed by atoms with Gasteiger partial charge in [-0.25, -0.2) is 0 Å². The molecule has 0 saturated carbocycles. The SMILES string of the molecule is CCCC1CN(CC(C)(C)CCO)C1. The predicted octanol–water partition coefficient (Wildman–Crippen LogP) is 2.13. The van der Waals surface area contributed by atoms with Crippen LogP contribution in [0.15, 0.2) is 0 Å². The number of rotatable bonds is 6. The van der Waals surface area contributed by atoms with Gasteiger partial charge in [0.1, 0.15) is 0 Å². The average molecular weight is 199 g/mol. The van der Waals surface area contributed by atoms with E-state index in [9.17, 15) is 0 Å². The summed E-state index contributed by atoms with van der Waals surface area (Å²) in [6.07, 6.45) is 3.62. The maximum Gasteiger partial charge on any atom is 0.0436 e. The van der Waals surface area contributed by atoms with E-state index < -0.39 is 0 Å². The van der Waals surface area contributed by atoms with Crippen molar-refractivity contribution in [2.45, 2.75) is 40.0 Å². The lowest BCUT2D eigenvalue weighted by atomic mass is 9.85. The van der Waals surface area contributed by atoms with Crippen molar-refractivity contribution in [1.82, 2.24) is 4.90 Å². The highest BCUT2D eigenvalue weighted by atomic mass is 16.3. The molecule has 0 aromatic carbocycles. The molecule has 0 spiro atoms. The van der Waals surface area contributed by atoms with E-state index in [1.165, 1.54) is 25.9 Å². The molecule has 1 saturated heterocycles. The molecule has 14 heavy (non-hydrogen) atoms. The van der Waals surface area contributed by atoms with Gasteiger partial charge in [-0.3, -0.25) is 0 Å². The Hall–Kier alpha value is -0.0800. The Kier molecular flexibility index (Phi) is 4.39. The third kappa shape index (κ3) is 3.58. The number of aliphatic hydroxyl groups excluding tert-OH is 1. The van der Waals surface area contributed by atoms with Crippen molar-refractivity contribution in [3.63, 3.8) is 0 Å². The van der Waals surface area contributed by atoms with Crippen LogP contribution in [0.5, 0.6) is 0 Å². The summed E-state index contributed by atoms with van der Waals surface area (Å²) in [6.45, 7) is 10.8. The van der Waals surface area contributed by atoms with Gasteiger partial charge in [0.25, 0.3) is 0 Å². The molecule has 0 amide bonds. The summed E-state index contributed by atoms with van der Waals surface area (Å²) in [4.78, 5) is 2.52. The van der Waals surface area contributed by atoms with Crippen molar-refractivity contribution >= 4 is 0 Å². The van der Waals surface area contributed by atoms with Crippen molar-refractivity contribution in [3.8, 4) is 0 Å². The molecule has 2 nitrogen and oxygen atoms in total. The maximum absolute atomic E-state index is 8.92. The van der Waals surface area contributed by atoms with E-state index in [-0.39, 0.29) is 5.41 Å². The lowest BCUT2D eigenvalue weighted by Gasteiger charge is -2.43. The molecule has 1 heterocycles. The summed E-state index contributed by atoms with van der Waals surface area (Å²) in [5.41, 5.74) is 0.284. The molecule has 0 bridgehead atoms. The standard InChI is InChI=1S/C12H25NO/c1-4-5-11-8-13(9-11)10-12(2,3)6-7-14/h11,14H,4-10H2,1-3H3. The van der Waals surface area contributed by atoms with Crippen LogP contribution in [0.25, 0.3) is 0 Å². The Morgan fingerprint density at radius 1 is 1.36 bits per heavy atom. The van der Waals surface area contributed by atoms with Gasteiger partial charge in [-0.2, -0.15) is 0 Å². The average Bonchev–Trinajstić information content (AvgIpc) is 2.00. The summed E-state index contributed by atoms with van der Waals surface area (Å²) in [5.74, 6) is 0.949. The first-order valence-corrected chi connectivity index (χ1v) is 5.90. The van der Waals surface area contributed by atoms with E-state index in [1.807, 2.05) is 0 Å². The van der Waals surface area contributed by atoms with Crippen LogP contribution >= 0.6 is 0 Å². The molecule has 0 aromatic heterocycles. The van der Waals surface area contributed by atoms with Gasteiger partial charge < -0.3 is 10.0 Å². The molecular weight excluding hydrogens is 174 g/mol.